The standard InChI is InChI=1S/C15H24N2O2/c1-10(2)14(18)7-8-16-15(19)17-13-9-11(3)5-6-12(13)4/h5-6,9-10,14,18H,7-8H2,1-4H3,(H2,16,17,19). The summed E-state index contributed by atoms with van der Waals surface area (Å²) in [5.74, 6) is 0.212. The Morgan fingerprint density at radius 2 is 2.00 bits per heavy atom. The van der Waals surface area contributed by atoms with Gasteiger partial charge < -0.3 is 15.7 Å². The Bertz CT molecular complexity index is 430. The third kappa shape index (κ3) is 5.30. The van der Waals surface area contributed by atoms with Crippen molar-refractivity contribution in [3.05, 3.63) is 29.3 Å². The van der Waals surface area contributed by atoms with Gasteiger partial charge in [0.2, 0.25) is 0 Å². The first-order valence-corrected chi connectivity index (χ1v) is 6.70. The molecule has 0 saturated heterocycles. The predicted molar refractivity (Wildman–Crippen MR) is 78.4 cm³/mol. The van der Waals surface area contributed by atoms with Gasteiger partial charge in [-0.1, -0.05) is 26.0 Å². The maximum atomic E-state index is 11.7. The maximum Gasteiger partial charge on any atom is 0.319 e. The first-order valence-electron chi connectivity index (χ1n) is 6.70. The van der Waals surface area contributed by atoms with Crippen LogP contribution < -0.4 is 10.6 Å². The van der Waals surface area contributed by atoms with Gasteiger partial charge in [0.1, 0.15) is 0 Å². The van der Waals surface area contributed by atoms with Crippen molar-refractivity contribution in [1.82, 2.24) is 5.32 Å². The second kappa shape index (κ2) is 7.14. The highest BCUT2D eigenvalue weighted by Crippen LogP contribution is 2.16. The molecular formula is C15H24N2O2. The zero-order valence-corrected chi connectivity index (χ0v) is 12.2. The summed E-state index contributed by atoms with van der Waals surface area (Å²) in [5, 5.41) is 15.2. The van der Waals surface area contributed by atoms with Gasteiger partial charge in [-0.2, -0.15) is 0 Å². The number of aliphatic hydroxyl groups excluding tert-OH is 1. The maximum absolute atomic E-state index is 11.7. The summed E-state index contributed by atoms with van der Waals surface area (Å²) in [6.45, 7) is 8.33. The van der Waals surface area contributed by atoms with E-state index in [0.717, 1.165) is 16.8 Å². The van der Waals surface area contributed by atoms with Crippen LogP contribution in [0.2, 0.25) is 0 Å². The van der Waals surface area contributed by atoms with Gasteiger partial charge in [0.05, 0.1) is 6.10 Å². The number of nitrogens with one attached hydrogen (secondary N) is 2. The van der Waals surface area contributed by atoms with Crippen molar-refractivity contribution in [2.24, 2.45) is 5.92 Å². The van der Waals surface area contributed by atoms with E-state index in [-0.39, 0.29) is 18.1 Å². The fourth-order valence-electron chi connectivity index (χ4n) is 1.70. The summed E-state index contributed by atoms with van der Waals surface area (Å²) in [5.41, 5.74) is 2.96. The molecule has 1 atom stereocenters. The van der Waals surface area contributed by atoms with Gasteiger partial charge in [0, 0.05) is 12.2 Å². The fraction of sp³-hybridized carbons (Fsp3) is 0.533. The quantitative estimate of drug-likeness (QED) is 0.766. The molecule has 0 aromatic heterocycles. The highest BCUT2D eigenvalue weighted by atomic mass is 16.3. The van der Waals surface area contributed by atoms with Crippen LogP contribution >= 0.6 is 0 Å². The normalized spacial score (nSPS) is 12.3. The van der Waals surface area contributed by atoms with Gasteiger partial charge >= 0.3 is 6.03 Å². The third-order valence-electron chi connectivity index (χ3n) is 3.14. The molecule has 4 nitrogen and oxygen atoms in total. The number of carbonyl (C=O) groups excluding carboxylic acids is 1. The molecule has 0 aliphatic rings. The number of aliphatic hydroxyl groups is 1. The second-order valence-corrected chi connectivity index (χ2v) is 5.30. The van der Waals surface area contributed by atoms with E-state index in [4.69, 9.17) is 0 Å². The minimum Gasteiger partial charge on any atom is -0.393 e. The molecule has 106 valence electrons. The SMILES string of the molecule is Cc1ccc(C)c(NC(=O)NCCC(O)C(C)C)c1. The lowest BCUT2D eigenvalue weighted by molar-refractivity contribution is 0.117. The van der Waals surface area contributed by atoms with Gasteiger partial charge in [-0.05, 0) is 43.4 Å². The number of benzene rings is 1. The van der Waals surface area contributed by atoms with Crippen molar-refractivity contribution in [3.63, 3.8) is 0 Å². The molecule has 1 unspecified atom stereocenters. The van der Waals surface area contributed by atoms with Gasteiger partial charge in [-0.3, -0.25) is 0 Å². The monoisotopic (exact) mass is 264 g/mol. The van der Waals surface area contributed by atoms with Gasteiger partial charge in [0.15, 0.2) is 0 Å². The minimum absolute atomic E-state index is 0.212. The number of urea groups is 1. The molecule has 0 fully saturated rings. The van der Waals surface area contributed by atoms with E-state index in [0.29, 0.717) is 13.0 Å². The lowest BCUT2D eigenvalue weighted by Crippen LogP contribution is -2.32. The Hall–Kier alpha value is -1.55. The van der Waals surface area contributed by atoms with Crippen LogP contribution in [-0.2, 0) is 0 Å². The molecule has 0 aliphatic heterocycles. The fourth-order valence-corrected chi connectivity index (χ4v) is 1.70. The average molecular weight is 264 g/mol. The van der Waals surface area contributed by atoms with Gasteiger partial charge in [-0.15, -0.1) is 0 Å². The zero-order valence-electron chi connectivity index (χ0n) is 12.2. The summed E-state index contributed by atoms with van der Waals surface area (Å²) in [6.07, 6.45) is 0.193. The van der Waals surface area contributed by atoms with Crippen molar-refractivity contribution >= 4 is 11.7 Å². The first-order chi connectivity index (χ1) is 8.90. The summed E-state index contributed by atoms with van der Waals surface area (Å²) in [7, 11) is 0. The molecule has 0 spiro atoms. The number of hydrogen-bond donors (Lipinski definition) is 3. The Kier molecular flexibility index (Phi) is 5.83. The summed E-state index contributed by atoms with van der Waals surface area (Å²) >= 11 is 0. The average Bonchev–Trinajstić information content (AvgIpc) is 2.33. The molecule has 1 rings (SSSR count). The van der Waals surface area contributed by atoms with Crippen molar-refractivity contribution in [3.8, 4) is 0 Å². The summed E-state index contributed by atoms with van der Waals surface area (Å²) < 4.78 is 0. The molecule has 1 aromatic carbocycles. The highest BCUT2D eigenvalue weighted by Gasteiger charge is 2.09. The van der Waals surface area contributed by atoms with Crippen LogP contribution in [0.5, 0.6) is 0 Å². The number of rotatable bonds is 5. The number of anilines is 1. The Balaban J connectivity index is 2.41. The molecule has 2 amide bonds. The predicted octanol–water partition coefficient (Wildman–Crippen LogP) is 2.83. The topological polar surface area (TPSA) is 61.4 Å². The third-order valence-corrected chi connectivity index (χ3v) is 3.14. The van der Waals surface area contributed by atoms with Crippen LogP contribution in [-0.4, -0.2) is 23.8 Å². The molecular weight excluding hydrogens is 240 g/mol. The number of aryl methyl sites for hydroxylation is 2. The first kappa shape index (κ1) is 15.5. The molecule has 0 heterocycles. The molecule has 19 heavy (non-hydrogen) atoms. The second-order valence-electron chi connectivity index (χ2n) is 5.30. The van der Waals surface area contributed by atoms with Crippen LogP contribution in [0.15, 0.2) is 18.2 Å². The van der Waals surface area contributed by atoms with Crippen molar-refractivity contribution in [2.75, 3.05) is 11.9 Å². The van der Waals surface area contributed by atoms with Gasteiger partial charge in [0.25, 0.3) is 0 Å². The van der Waals surface area contributed by atoms with E-state index in [2.05, 4.69) is 10.6 Å². The van der Waals surface area contributed by atoms with E-state index in [9.17, 15) is 9.90 Å². The smallest absolute Gasteiger partial charge is 0.319 e. The van der Waals surface area contributed by atoms with Crippen molar-refractivity contribution < 1.29 is 9.90 Å². The van der Waals surface area contributed by atoms with Crippen LogP contribution in [0.25, 0.3) is 0 Å². The Morgan fingerprint density at radius 1 is 1.32 bits per heavy atom. The highest BCUT2D eigenvalue weighted by molar-refractivity contribution is 5.90. The van der Waals surface area contributed by atoms with E-state index < -0.39 is 0 Å². The van der Waals surface area contributed by atoms with E-state index >= 15 is 0 Å². The van der Waals surface area contributed by atoms with Crippen molar-refractivity contribution in [1.29, 1.82) is 0 Å². The van der Waals surface area contributed by atoms with E-state index in [1.165, 1.54) is 0 Å². The van der Waals surface area contributed by atoms with Crippen LogP contribution in [0.3, 0.4) is 0 Å². The molecule has 0 aliphatic carbocycles. The van der Waals surface area contributed by atoms with Crippen LogP contribution in [0.1, 0.15) is 31.4 Å². The largest absolute Gasteiger partial charge is 0.393 e. The molecule has 0 saturated carbocycles. The number of amides is 2. The molecule has 1 aromatic rings. The summed E-state index contributed by atoms with van der Waals surface area (Å²) in [6, 6.07) is 5.70. The van der Waals surface area contributed by atoms with E-state index in [1.54, 1.807) is 0 Å². The molecule has 3 N–H and O–H groups in total. The number of hydrogen-bond acceptors (Lipinski definition) is 2. The lowest BCUT2D eigenvalue weighted by Gasteiger charge is -2.15. The Morgan fingerprint density at radius 3 is 2.63 bits per heavy atom. The molecule has 0 radical (unpaired) electrons. The van der Waals surface area contributed by atoms with Gasteiger partial charge in [-0.25, -0.2) is 4.79 Å². The molecule has 4 heteroatoms. The zero-order chi connectivity index (χ0) is 14.4. The van der Waals surface area contributed by atoms with Crippen LogP contribution in [0, 0.1) is 19.8 Å². The lowest BCUT2D eigenvalue weighted by atomic mass is 10.0. The van der Waals surface area contributed by atoms with Crippen molar-refractivity contribution in [2.45, 2.75) is 40.2 Å². The number of carbonyl (C=O) groups is 1. The Labute approximate surface area is 115 Å². The van der Waals surface area contributed by atoms with E-state index in [1.807, 2.05) is 45.9 Å². The molecule has 0 bridgehead atoms. The van der Waals surface area contributed by atoms with Crippen LogP contribution in [0.4, 0.5) is 10.5 Å². The minimum atomic E-state index is -0.374. The summed E-state index contributed by atoms with van der Waals surface area (Å²) in [4.78, 5) is 11.7.